The standard InChI is InChI=1S/C48H34N2/c1-31-21-24-39-40-26-23-35(29-45(40)41-25-22-32(2)28-44(41)43(39)27-31)36-17-9-10-18-37(36)38-19-11-12-20-42(38)48-49-46(33-13-5-3-6-14-33)30-47(50-48)34-15-7-4-8-16-34/h3-30H,1-2H3. The molecule has 0 radical (unpaired) electrons. The van der Waals surface area contributed by atoms with Crippen LogP contribution in [0.15, 0.2) is 170 Å². The minimum Gasteiger partial charge on any atom is -0.228 e. The summed E-state index contributed by atoms with van der Waals surface area (Å²) in [6.45, 7) is 4.35. The Morgan fingerprint density at radius 1 is 0.300 bits per heavy atom. The zero-order chi connectivity index (χ0) is 33.6. The van der Waals surface area contributed by atoms with Crippen molar-refractivity contribution in [2.45, 2.75) is 13.8 Å². The highest BCUT2D eigenvalue weighted by molar-refractivity contribution is 6.26. The minimum absolute atomic E-state index is 0.706. The second-order valence-corrected chi connectivity index (χ2v) is 13.1. The summed E-state index contributed by atoms with van der Waals surface area (Å²) in [5.74, 6) is 0.706. The molecule has 0 aliphatic heterocycles. The highest BCUT2D eigenvalue weighted by atomic mass is 14.9. The predicted octanol–water partition coefficient (Wildman–Crippen LogP) is 12.9. The summed E-state index contributed by atoms with van der Waals surface area (Å²) in [6.07, 6.45) is 0. The normalized spacial score (nSPS) is 11.4. The molecule has 9 rings (SSSR count). The van der Waals surface area contributed by atoms with Gasteiger partial charge in [0.15, 0.2) is 5.82 Å². The van der Waals surface area contributed by atoms with E-state index in [1.54, 1.807) is 0 Å². The van der Waals surface area contributed by atoms with Gasteiger partial charge in [-0.3, -0.25) is 0 Å². The number of aromatic nitrogens is 2. The Balaban J connectivity index is 1.25. The maximum atomic E-state index is 5.19. The molecule has 2 nitrogen and oxygen atoms in total. The van der Waals surface area contributed by atoms with E-state index in [0.29, 0.717) is 5.82 Å². The van der Waals surface area contributed by atoms with Crippen LogP contribution in [0.25, 0.3) is 88.5 Å². The molecule has 8 aromatic carbocycles. The number of hydrogen-bond donors (Lipinski definition) is 0. The van der Waals surface area contributed by atoms with Crippen molar-refractivity contribution in [2.75, 3.05) is 0 Å². The van der Waals surface area contributed by atoms with E-state index in [-0.39, 0.29) is 0 Å². The lowest BCUT2D eigenvalue weighted by Gasteiger charge is -2.17. The Morgan fingerprint density at radius 2 is 0.720 bits per heavy atom. The zero-order valence-corrected chi connectivity index (χ0v) is 28.1. The van der Waals surface area contributed by atoms with Crippen molar-refractivity contribution in [3.8, 4) is 56.2 Å². The molecule has 0 spiro atoms. The first-order chi connectivity index (χ1) is 24.6. The molecule has 0 atom stereocenters. The van der Waals surface area contributed by atoms with Crippen LogP contribution in [0.1, 0.15) is 11.1 Å². The zero-order valence-electron chi connectivity index (χ0n) is 28.1. The molecular formula is C48H34N2. The van der Waals surface area contributed by atoms with Gasteiger partial charge >= 0.3 is 0 Å². The molecule has 9 aromatic rings. The summed E-state index contributed by atoms with van der Waals surface area (Å²) >= 11 is 0. The molecule has 0 aliphatic carbocycles. The van der Waals surface area contributed by atoms with E-state index in [1.165, 1.54) is 54.6 Å². The number of nitrogens with zero attached hydrogens (tertiary/aromatic N) is 2. The Morgan fingerprint density at radius 3 is 1.28 bits per heavy atom. The molecular weight excluding hydrogens is 605 g/mol. The van der Waals surface area contributed by atoms with Gasteiger partial charge in [0.25, 0.3) is 0 Å². The van der Waals surface area contributed by atoms with E-state index < -0.39 is 0 Å². The summed E-state index contributed by atoms with van der Waals surface area (Å²) in [5.41, 5.74) is 12.1. The van der Waals surface area contributed by atoms with Gasteiger partial charge < -0.3 is 0 Å². The first-order valence-corrected chi connectivity index (χ1v) is 17.2. The fourth-order valence-corrected chi connectivity index (χ4v) is 7.37. The van der Waals surface area contributed by atoms with Gasteiger partial charge in [0, 0.05) is 16.7 Å². The van der Waals surface area contributed by atoms with Gasteiger partial charge in [0.2, 0.25) is 0 Å². The van der Waals surface area contributed by atoms with Crippen LogP contribution in [-0.2, 0) is 0 Å². The van der Waals surface area contributed by atoms with Gasteiger partial charge in [-0.25, -0.2) is 9.97 Å². The van der Waals surface area contributed by atoms with Crippen LogP contribution in [0.2, 0.25) is 0 Å². The second-order valence-electron chi connectivity index (χ2n) is 13.1. The van der Waals surface area contributed by atoms with Gasteiger partial charge in [-0.2, -0.15) is 0 Å². The lowest BCUT2D eigenvalue weighted by Crippen LogP contribution is -1.98. The van der Waals surface area contributed by atoms with Crippen LogP contribution in [0.4, 0.5) is 0 Å². The van der Waals surface area contributed by atoms with Crippen molar-refractivity contribution in [3.63, 3.8) is 0 Å². The average molecular weight is 639 g/mol. The Bertz CT molecular complexity index is 2650. The smallest absolute Gasteiger partial charge is 0.161 e. The van der Waals surface area contributed by atoms with Crippen molar-refractivity contribution >= 4 is 32.3 Å². The molecule has 236 valence electrons. The molecule has 0 fully saturated rings. The molecule has 0 saturated carbocycles. The number of benzene rings is 8. The molecule has 2 heteroatoms. The van der Waals surface area contributed by atoms with Crippen LogP contribution in [-0.4, -0.2) is 9.97 Å². The lowest BCUT2D eigenvalue weighted by atomic mass is 9.88. The molecule has 0 saturated heterocycles. The third-order valence-electron chi connectivity index (χ3n) is 9.80. The third kappa shape index (κ3) is 5.23. The molecule has 0 N–H and O–H groups in total. The topological polar surface area (TPSA) is 25.8 Å². The van der Waals surface area contributed by atoms with Crippen molar-refractivity contribution in [3.05, 3.63) is 181 Å². The number of aryl methyl sites for hydroxylation is 2. The van der Waals surface area contributed by atoms with Gasteiger partial charge in [-0.1, -0.05) is 169 Å². The van der Waals surface area contributed by atoms with E-state index in [1.807, 2.05) is 12.1 Å². The van der Waals surface area contributed by atoms with Gasteiger partial charge in [-0.15, -0.1) is 0 Å². The van der Waals surface area contributed by atoms with Crippen molar-refractivity contribution in [2.24, 2.45) is 0 Å². The van der Waals surface area contributed by atoms with Crippen molar-refractivity contribution < 1.29 is 0 Å². The maximum Gasteiger partial charge on any atom is 0.161 e. The highest BCUT2D eigenvalue weighted by Gasteiger charge is 2.18. The van der Waals surface area contributed by atoms with Crippen LogP contribution >= 0.6 is 0 Å². The van der Waals surface area contributed by atoms with Crippen molar-refractivity contribution in [1.29, 1.82) is 0 Å². The molecule has 50 heavy (non-hydrogen) atoms. The molecule has 0 aliphatic rings. The summed E-state index contributed by atoms with van der Waals surface area (Å²) in [7, 11) is 0. The first-order valence-electron chi connectivity index (χ1n) is 17.2. The molecule has 1 heterocycles. The van der Waals surface area contributed by atoms with Gasteiger partial charge in [-0.05, 0) is 80.6 Å². The average Bonchev–Trinajstić information content (AvgIpc) is 3.18. The maximum absolute atomic E-state index is 5.19. The predicted molar refractivity (Wildman–Crippen MR) is 211 cm³/mol. The molecule has 0 unspecified atom stereocenters. The summed E-state index contributed by atoms with van der Waals surface area (Å²) in [6, 6.07) is 60.8. The fraction of sp³-hybridized carbons (Fsp3) is 0.0417. The SMILES string of the molecule is Cc1ccc2c3ccc(-c4ccccc4-c4ccccc4-c4nc(-c5ccccc5)cc(-c5ccccc5)n4)cc3c3ccc(C)cc3c2c1. The summed E-state index contributed by atoms with van der Waals surface area (Å²) < 4.78 is 0. The number of rotatable bonds is 5. The molecule has 0 amide bonds. The number of hydrogen-bond acceptors (Lipinski definition) is 2. The van der Waals surface area contributed by atoms with Crippen LogP contribution in [0.3, 0.4) is 0 Å². The third-order valence-corrected chi connectivity index (χ3v) is 9.80. The van der Waals surface area contributed by atoms with Gasteiger partial charge in [0.1, 0.15) is 0 Å². The van der Waals surface area contributed by atoms with Crippen LogP contribution in [0.5, 0.6) is 0 Å². The van der Waals surface area contributed by atoms with E-state index in [9.17, 15) is 0 Å². The lowest BCUT2D eigenvalue weighted by molar-refractivity contribution is 1.18. The van der Waals surface area contributed by atoms with E-state index in [4.69, 9.17) is 9.97 Å². The highest BCUT2D eigenvalue weighted by Crippen LogP contribution is 2.42. The second kappa shape index (κ2) is 12.3. The summed E-state index contributed by atoms with van der Waals surface area (Å²) in [5, 5.41) is 7.73. The molecule has 0 bridgehead atoms. The van der Waals surface area contributed by atoms with Gasteiger partial charge in [0.05, 0.1) is 11.4 Å². The quantitative estimate of drug-likeness (QED) is 0.175. The number of fused-ring (bicyclic) bond motifs is 6. The Hall–Kier alpha value is -6.38. The van der Waals surface area contributed by atoms with E-state index >= 15 is 0 Å². The Labute approximate surface area is 292 Å². The van der Waals surface area contributed by atoms with E-state index in [2.05, 4.69) is 172 Å². The minimum atomic E-state index is 0.706. The largest absolute Gasteiger partial charge is 0.228 e. The van der Waals surface area contributed by atoms with Crippen LogP contribution in [0, 0.1) is 13.8 Å². The van der Waals surface area contributed by atoms with Crippen LogP contribution < -0.4 is 0 Å². The first kappa shape index (κ1) is 29.7. The monoisotopic (exact) mass is 638 g/mol. The van der Waals surface area contributed by atoms with Crippen molar-refractivity contribution in [1.82, 2.24) is 9.97 Å². The fourth-order valence-electron chi connectivity index (χ4n) is 7.37. The molecule has 1 aromatic heterocycles. The Kier molecular flexibility index (Phi) is 7.29. The van der Waals surface area contributed by atoms with E-state index in [0.717, 1.165) is 39.2 Å². The summed E-state index contributed by atoms with van der Waals surface area (Å²) in [4.78, 5) is 10.4.